The SMILES string of the molecule is CC1=CCC2C(=O)N(c3ccc(C(=O)O)cc3)C(=O)C2C1. The van der Waals surface area contributed by atoms with E-state index in [4.69, 9.17) is 5.11 Å². The molecule has 2 atom stereocenters. The number of allylic oxidation sites excluding steroid dienone is 2. The largest absolute Gasteiger partial charge is 0.478 e. The minimum atomic E-state index is -1.03. The van der Waals surface area contributed by atoms with E-state index in [1.165, 1.54) is 29.2 Å². The van der Waals surface area contributed by atoms with E-state index in [1.54, 1.807) is 0 Å². The summed E-state index contributed by atoms with van der Waals surface area (Å²) in [7, 11) is 0. The van der Waals surface area contributed by atoms with Crippen molar-refractivity contribution in [3.63, 3.8) is 0 Å². The summed E-state index contributed by atoms with van der Waals surface area (Å²) in [6.07, 6.45) is 3.24. The average Bonchev–Trinajstić information content (AvgIpc) is 2.70. The Labute approximate surface area is 121 Å². The normalized spacial score (nSPS) is 24.8. The van der Waals surface area contributed by atoms with Crippen molar-refractivity contribution >= 4 is 23.5 Å². The standard InChI is InChI=1S/C16H15NO4/c1-9-2-7-12-13(8-9)15(19)17(14(12)18)11-5-3-10(4-6-11)16(20)21/h2-6,12-13H,7-8H2,1H3,(H,20,21). The molecule has 1 aromatic carbocycles. The first-order valence-corrected chi connectivity index (χ1v) is 6.86. The van der Waals surface area contributed by atoms with Crippen molar-refractivity contribution < 1.29 is 19.5 Å². The number of benzene rings is 1. The third kappa shape index (κ3) is 2.14. The molecule has 2 amide bonds. The van der Waals surface area contributed by atoms with Gasteiger partial charge in [-0.3, -0.25) is 14.5 Å². The lowest BCUT2D eigenvalue weighted by Gasteiger charge is -2.18. The Kier molecular flexibility index (Phi) is 3.12. The first-order chi connectivity index (χ1) is 9.99. The molecule has 3 rings (SSSR count). The van der Waals surface area contributed by atoms with Crippen molar-refractivity contribution in [2.45, 2.75) is 19.8 Å². The van der Waals surface area contributed by atoms with Crippen LogP contribution in [0.25, 0.3) is 0 Å². The molecule has 1 saturated heterocycles. The van der Waals surface area contributed by atoms with Gasteiger partial charge in [-0.15, -0.1) is 0 Å². The van der Waals surface area contributed by atoms with Gasteiger partial charge in [0, 0.05) is 0 Å². The van der Waals surface area contributed by atoms with Gasteiger partial charge in [-0.05, 0) is 44.0 Å². The van der Waals surface area contributed by atoms with Crippen LogP contribution in [0.2, 0.25) is 0 Å². The number of carboxylic acid groups (broad SMARTS) is 1. The molecule has 0 saturated carbocycles. The molecule has 0 bridgehead atoms. The molecular formula is C16H15NO4. The minimum absolute atomic E-state index is 0.132. The van der Waals surface area contributed by atoms with Crippen molar-refractivity contribution in [3.05, 3.63) is 41.5 Å². The maximum atomic E-state index is 12.5. The van der Waals surface area contributed by atoms with Crippen LogP contribution in [0.3, 0.4) is 0 Å². The third-order valence-electron chi connectivity index (χ3n) is 4.20. The zero-order chi connectivity index (χ0) is 15.1. The number of rotatable bonds is 2. The van der Waals surface area contributed by atoms with E-state index in [1.807, 2.05) is 13.0 Å². The molecule has 0 aromatic heterocycles. The summed E-state index contributed by atoms with van der Waals surface area (Å²) in [6, 6.07) is 5.83. The number of hydrogen-bond donors (Lipinski definition) is 1. The molecule has 1 aliphatic heterocycles. The Morgan fingerprint density at radius 3 is 2.38 bits per heavy atom. The third-order valence-corrected chi connectivity index (χ3v) is 4.20. The van der Waals surface area contributed by atoms with Crippen molar-refractivity contribution in [1.29, 1.82) is 0 Å². The predicted octanol–water partition coefficient (Wildman–Crippen LogP) is 2.23. The van der Waals surface area contributed by atoms with Gasteiger partial charge in [0.2, 0.25) is 11.8 Å². The van der Waals surface area contributed by atoms with Gasteiger partial charge in [-0.25, -0.2) is 4.79 Å². The molecule has 2 aliphatic rings. The second kappa shape index (κ2) is 4.84. The summed E-state index contributed by atoms with van der Waals surface area (Å²) in [4.78, 5) is 37.0. The van der Waals surface area contributed by atoms with E-state index in [-0.39, 0.29) is 29.2 Å². The summed E-state index contributed by atoms with van der Waals surface area (Å²) in [6.45, 7) is 1.97. The van der Waals surface area contributed by atoms with Crippen LogP contribution in [-0.4, -0.2) is 22.9 Å². The smallest absolute Gasteiger partial charge is 0.335 e. The summed E-state index contributed by atoms with van der Waals surface area (Å²) in [5, 5.41) is 8.89. The predicted molar refractivity (Wildman–Crippen MR) is 75.9 cm³/mol. The quantitative estimate of drug-likeness (QED) is 0.668. The van der Waals surface area contributed by atoms with Gasteiger partial charge in [0.15, 0.2) is 0 Å². The lowest BCUT2D eigenvalue weighted by molar-refractivity contribution is -0.122. The van der Waals surface area contributed by atoms with E-state index in [0.717, 1.165) is 5.57 Å². The Bertz CT molecular complexity index is 659. The van der Waals surface area contributed by atoms with Crippen LogP contribution < -0.4 is 4.90 Å². The number of carbonyl (C=O) groups excluding carboxylic acids is 2. The van der Waals surface area contributed by atoms with Crippen LogP contribution in [0.4, 0.5) is 5.69 Å². The summed E-state index contributed by atoms with van der Waals surface area (Å²) < 4.78 is 0. The Morgan fingerprint density at radius 1 is 1.14 bits per heavy atom. The zero-order valence-corrected chi connectivity index (χ0v) is 11.6. The number of carbonyl (C=O) groups is 3. The van der Waals surface area contributed by atoms with Crippen molar-refractivity contribution in [3.8, 4) is 0 Å². The van der Waals surface area contributed by atoms with Crippen LogP contribution >= 0.6 is 0 Å². The topological polar surface area (TPSA) is 74.7 Å². The van der Waals surface area contributed by atoms with Crippen molar-refractivity contribution in [2.75, 3.05) is 4.90 Å². The fraction of sp³-hybridized carbons (Fsp3) is 0.312. The molecule has 108 valence electrons. The molecule has 2 unspecified atom stereocenters. The van der Waals surface area contributed by atoms with Gasteiger partial charge in [-0.2, -0.15) is 0 Å². The number of anilines is 1. The van der Waals surface area contributed by atoms with E-state index < -0.39 is 5.97 Å². The lowest BCUT2D eigenvalue weighted by atomic mass is 9.82. The van der Waals surface area contributed by atoms with E-state index >= 15 is 0 Å². The van der Waals surface area contributed by atoms with Crippen LogP contribution in [0, 0.1) is 11.8 Å². The molecule has 1 aromatic rings. The molecule has 0 radical (unpaired) electrons. The van der Waals surface area contributed by atoms with E-state index in [2.05, 4.69) is 0 Å². The molecule has 1 fully saturated rings. The van der Waals surface area contributed by atoms with Gasteiger partial charge >= 0.3 is 5.97 Å². The molecule has 1 N–H and O–H groups in total. The number of hydrogen-bond acceptors (Lipinski definition) is 3. The molecule has 5 nitrogen and oxygen atoms in total. The first kappa shape index (κ1) is 13.5. The summed E-state index contributed by atoms with van der Waals surface area (Å²) in [5.41, 5.74) is 1.72. The first-order valence-electron chi connectivity index (χ1n) is 6.86. The van der Waals surface area contributed by atoms with Crippen LogP contribution in [0.1, 0.15) is 30.1 Å². The number of imide groups is 1. The fourth-order valence-corrected chi connectivity index (χ4v) is 3.05. The van der Waals surface area contributed by atoms with Gasteiger partial charge in [-0.1, -0.05) is 11.6 Å². The fourth-order valence-electron chi connectivity index (χ4n) is 3.05. The van der Waals surface area contributed by atoms with Crippen LogP contribution in [0.5, 0.6) is 0 Å². The molecule has 5 heteroatoms. The number of nitrogens with zero attached hydrogens (tertiary/aromatic N) is 1. The second-order valence-electron chi connectivity index (χ2n) is 5.57. The molecule has 0 spiro atoms. The summed E-state index contributed by atoms with van der Waals surface area (Å²) >= 11 is 0. The average molecular weight is 285 g/mol. The van der Waals surface area contributed by atoms with Gasteiger partial charge in [0.05, 0.1) is 23.1 Å². The monoisotopic (exact) mass is 285 g/mol. The highest BCUT2D eigenvalue weighted by Crippen LogP contribution is 2.39. The molecule has 21 heavy (non-hydrogen) atoms. The van der Waals surface area contributed by atoms with Gasteiger partial charge in [0.25, 0.3) is 0 Å². The number of amides is 2. The van der Waals surface area contributed by atoms with E-state index in [9.17, 15) is 14.4 Å². The lowest BCUT2D eigenvalue weighted by Crippen LogP contribution is -2.30. The molecule has 1 aliphatic carbocycles. The number of fused-ring (bicyclic) bond motifs is 1. The maximum absolute atomic E-state index is 12.5. The van der Waals surface area contributed by atoms with Crippen molar-refractivity contribution in [1.82, 2.24) is 0 Å². The zero-order valence-electron chi connectivity index (χ0n) is 11.6. The van der Waals surface area contributed by atoms with E-state index in [0.29, 0.717) is 18.5 Å². The Morgan fingerprint density at radius 2 is 1.76 bits per heavy atom. The van der Waals surface area contributed by atoms with Crippen LogP contribution in [0.15, 0.2) is 35.9 Å². The van der Waals surface area contributed by atoms with Crippen LogP contribution in [-0.2, 0) is 9.59 Å². The Balaban J connectivity index is 1.91. The highest BCUT2D eigenvalue weighted by Gasteiger charge is 2.48. The van der Waals surface area contributed by atoms with Gasteiger partial charge < -0.3 is 5.11 Å². The Hall–Kier alpha value is -2.43. The van der Waals surface area contributed by atoms with Gasteiger partial charge in [0.1, 0.15) is 0 Å². The number of aromatic carboxylic acids is 1. The number of carboxylic acids is 1. The summed E-state index contributed by atoms with van der Waals surface area (Å²) in [5.74, 6) is -1.95. The van der Waals surface area contributed by atoms with Crippen molar-refractivity contribution in [2.24, 2.45) is 11.8 Å². The maximum Gasteiger partial charge on any atom is 0.335 e. The second-order valence-corrected chi connectivity index (χ2v) is 5.57. The molecule has 1 heterocycles. The highest BCUT2D eigenvalue weighted by atomic mass is 16.4. The highest BCUT2D eigenvalue weighted by molar-refractivity contribution is 6.22. The molecular weight excluding hydrogens is 270 g/mol. The minimum Gasteiger partial charge on any atom is -0.478 e.